The Morgan fingerprint density at radius 3 is 2.96 bits per heavy atom. The first kappa shape index (κ1) is 16.7. The second kappa shape index (κ2) is 8.62. The topological polar surface area (TPSA) is 97.6 Å². The third-order valence-corrected chi connectivity index (χ3v) is 4.52. The van der Waals surface area contributed by atoms with Gasteiger partial charge in [0.2, 0.25) is 11.1 Å². The monoisotopic (exact) mass is 347 g/mol. The smallest absolute Gasteiger partial charge is 0.230 e. The molecule has 0 aromatic carbocycles. The van der Waals surface area contributed by atoms with E-state index in [1.165, 1.54) is 11.8 Å². The number of tetrazole rings is 1. The number of hydrogen-bond acceptors (Lipinski definition) is 7. The first-order chi connectivity index (χ1) is 11.8. The number of hydrogen-bond donors (Lipinski definition) is 2. The lowest BCUT2D eigenvalue weighted by molar-refractivity contribution is -0.118. The van der Waals surface area contributed by atoms with Crippen LogP contribution in [0, 0.1) is 0 Å². The molecule has 1 fully saturated rings. The summed E-state index contributed by atoms with van der Waals surface area (Å²) in [6.45, 7) is 1.52. The second-order valence-electron chi connectivity index (χ2n) is 5.62. The van der Waals surface area contributed by atoms with Crippen LogP contribution >= 0.6 is 11.8 Å². The lowest BCUT2D eigenvalue weighted by Gasteiger charge is -2.06. The van der Waals surface area contributed by atoms with Gasteiger partial charge in [-0.05, 0) is 48.2 Å². The Labute approximate surface area is 144 Å². The van der Waals surface area contributed by atoms with E-state index in [2.05, 4.69) is 31.1 Å². The average Bonchev–Trinajstić information content (AvgIpc) is 3.35. The molecule has 0 radical (unpaired) electrons. The molecule has 0 atom stereocenters. The lowest BCUT2D eigenvalue weighted by atomic mass is 10.3. The summed E-state index contributed by atoms with van der Waals surface area (Å²) >= 11 is 1.39. The Bertz CT molecular complexity index is 644. The van der Waals surface area contributed by atoms with E-state index in [1.807, 2.05) is 22.9 Å². The summed E-state index contributed by atoms with van der Waals surface area (Å²) in [6, 6.07) is 6.21. The third kappa shape index (κ3) is 5.19. The van der Waals surface area contributed by atoms with Crippen LogP contribution in [0.2, 0.25) is 0 Å². The summed E-state index contributed by atoms with van der Waals surface area (Å²) in [4.78, 5) is 16.0. The molecule has 1 aliphatic carbocycles. The van der Waals surface area contributed by atoms with Crippen LogP contribution in [0.15, 0.2) is 29.6 Å². The Kier molecular flexibility index (Phi) is 6.00. The van der Waals surface area contributed by atoms with Crippen molar-refractivity contribution in [3.63, 3.8) is 0 Å². The first-order valence-electron chi connectivity index (χ1n) is 8.15. The van der Waals surface area contributed by atoms with Gasteiger partial charge in [0.05, 0.1) is 11.8 Å². The van der Waals surface area contributed by atoms with Gasteiger partial charge in [-0.15, -0.1) is 5.10 Å². The molecule has 0 saturated heterocycles. The van der Waals surface area contributed by atoms with Gasteiger partial charge in [-0.3, -0.25) is 4.79 Å². The molecule has 24 heavy (non-hydrogen) atoms. The Balaban J connectivity index is 1.24. The lowest BCUT2D eigenvalue weighted by Crippen LogP contribution is -2.26. The number of rotatable bonds is 10. The molecule has 9 heteroatoms. The van der Waals surface area contributed by atoms with Crippen LogP contribution in [0.4, 0.5) is 5.82 Å². The normalized spacial score (nSPS) is 13.7. The van der Waals surface area contributed by atoms with Gasteiger partial charge in [-0.25, -0.2) is 9.67 Å². The van der Waals surface area contributed by atoms with Crippen LogP contribution < -0.4 is 10.6 Å². The predicted octanol–water partition coefficient (Wildman–Crippen LogP) is 1.50. The van der Waals surface area contributed by atoms with E-state index >= 15 is 0 Å². The number of pyridine rings is 1. The van der Waals surface area contributed by atoms with Crippen molar-refractivity contribution in [3.05, 3.63) is 24.4 Å². The molecule has 3 rings (SSSR count). The molecular formula is C15H21N7OS. The maximum absolute atomic E-state index is 11.9. The van der Waals surface area contributed by atoms with Crippen LogP contribution in [0.1, 0.15) is 31.7 Å². The number of aromatic nitrogens is 5. The number of carbonyl (C=O) groups excluding carboxylic acids is 1. The number of thioether (sulfide) groups is 1. The molecule has 2 aromatic heterocycles. The van der Waals surface area contributed by atoms with Gasteiger partial charge in [0.15, 0.2) is 0 Å². The van der Waals surface area contributed by atoms with E-state index in [1.54, 1.807) is 6.20 Å². The van der Waals surface area contributed by atoms with Crippen LogP contribution in [0.25, 0.3) is 0 Å². The van der Waals surface area contributed by atoms with Gasteiger partial charge in [0.1, 0.15) is 5.82 Å². The van der Waals surface area contributed by atoms with Crippen molar-refractivity contribution in [1.29, 1.82) is 0 Å². The van der Waals surface area contributed by atoms with E-state index in [9.17, 15) is 4.79 Å². The highest BCUT2D eigenvalue weighted by atomic mass is 32.2. The molecule has 0 unspecified atom stereocenters. The fraction of sp³-hybridized carbons (Fsp3) is 0.533. The molecule has 1 saturated carbocycles. The molecule has 0 bridgehead atoms. The van der Waals surface area contributed by atoms with E-state index < -0.39 is 0 Å². The van der Waals surface area contributed by atoms with Gasteiger partial charge in [-0.2, -0.15) is 0 Å². The van der Waals surface area contributed by atoms with Gasteiger partial charge in [-0.1, -0.05) is 17.8 Å². The summed E-state index contributed by atoms with van der Waals surface area (Å²) in [5.74, 6) is 1.24. The zero-order valence-corrected chi connectivity index (χ0v) is 14.2. The van der Waals surface area contributed by atoms with Crippen LogP contribution in [-0.4, -0.2) is 49.9 Å². The van der Waals surface area contributed by atoms with Crippen molar-refractivity contribution in [2.75, 3.05) is 24.2 Å². The minimum atomic E-state index is 0.0167. The highest BCUT2D eigenvalue weighted by Crippen LogP contribution is 2.36. The predicted molar refractivity (Wildman–Crippen MR) is 91.8 cm³/mol. The molecule has 2 heterocycles. The molecule has 2 aromatic rings. The SMILES string of the molecule is O=C(CSc1nnnn1C1CC1)NCCCCNc1ccccn1. The molecule has 8 nitrogen and oxygen atoms in total. The maximum Gasteiger partial charge on any atom is 0.230 e. The Morgan fingerprint density at radius 1 is 1.29 bits per heavy atom. The van der Waals surface area contributed by atoms with Gasteiger partial charge < -0.3 is 10.6 Å². The zero-order valence-electron chi connectivity index (χ0n) is 13.4. The van der Waals surface area contributed by atoms with Crippen LogP contribution in [0.3, 0.4) is 0 Å². The Hall–Kier alpha value is -2.16. The van der Waals surface area contributed by atoms with Crippen molar-refractivity contribution < 1.29 is 4.79 Å². The number of unbranched alkanes of at least 4 members (excludes halogenated alkanes) is 1. The van der Waals surface area contributed by atoms with Gasteiger partial charge >= 0.3 is 0 Å². The second-order valence-corrected chi connectivity index (χ2v) is 6.57. The van der Waals surface area contributed by atoms with Crippen molar-refractivity contribution in [2.45, 2.75) is 36.9 Å². The number of carbonyl (C=O) groups is 1. The minimum absolute atomic E-state index is 0.0167. The first-order valence-corrected chi connectivity index (χ1v) is 9.14. The van der Waals surface area contributed by atoms with E-state index in [0.29, 0.717) is 18.3 Å². The fourth-order valence-corrected chi connectivity index (χ4v) is 2.95. The molecule has 1 amide bonds. The number of nitrogens with zero attached hydrogens (tertiary/aromatic N) is 5. The quantitative estimate of drug-likeness (QED) is 0.496. The number of anilines is 1. The van der Waals surface area contributed by atoms with E-state index in [4.69, 9.17) is 0 Å². The molecule has 2 N–H and O–H groups in total. The van der Waals surface area contributed by atoms with Crippen molar-refractivity contribution in [3.8, 4) is 0 Å². The van der Waals surface area contributed by atoms with Crippen LogP contribution in [-0.2, 0) is 4.79 Å². The summed E-state index contributed by atoms with van der Waals surface area (Å²) in [5, 5.41) is 18.5. The summed E-state index contributed by atoms with van der Waals surface area (Å²) in [7, 11) is 0. The standard InChI is InChI=1S/C15H21N7OS/c23-14(11-24-15-19-20-21-22(15)12-6-7-12)18-10-4-3-9-17-13-5-1-2-8-16-13/h1-2,5,8,12H,3-4,6-7,9-11H2,(H,16,17)(H,18,23). The molecule has 0 aliphatic heterocycles. The van der Waals surface area contributed by atoms with E-state index in [-0.39, 0.29) is 5.91 Å². The van der Waals surface area contributed by atoms with Gasteiger partial charge in [0.25, 0.3) is 0 Å². The minimum Gasteiger partial charge on any atom is -0.370 e. The summed E-state index contributed by atoms with van der Waals surface area (Å²) in [5.41, 5.74) is 0. The van der Waals surface area contributed by atoms with Crippen LogP contribution in [0.5, 0.6) is 0 Å². The summed E-state index contributed by atoms with van der Waals surface area (Å²) < 4.78 is 1.82. The van der Waals surface area contributed by atoms with Gasteiger partial charge in [0, 0.05) is 19.3 Å². The fourth-order valence-electron chi connectivity index (χ4n) is 2.17. The highest BCUT2D eigenvalue weighted by molar-refractivity contribution is 7.99. The molecule has 0 spiro atoms. The highest BCUT2D eigenvalue weighted by Gasteiger charge is 2.28. The number of nitrogens with one attached hydrogen (secondary N) is 2. The molecule has 1 aliphatic rings. The number of amides is 1. The third-order valence-electron chi connectivity index (χ3n) is 3.58. The van der Waals surface area contributed by atoms with Crippen molar-refractivity contribution >= 4 is 23.5 Å². The molecular weight excluding hydrogens is 326 g/mol. The average molecular weight is 347 g/mol. The maximum atomic E-state index is 11.9. The summed E-state index contributed by atoms with van der Waals surface area (Å²) in [6.07, 6.45) is 5.91. The molecule has 128 valence electrons. The van der Waals surface area contributed by atoms with E-state index in [0.717, 1.165) is 43.2 Å². The van der Waals surface area contributed by atoms with Crippen molar-refractivity contribution in [2.24, 2.45) is 0 Å². The van der Waals surface area contributed by atoms with Crippen molar-refractivity contribution in [1.82, 2.24) is 30.5 Å². The Morgan fingerprint density at radius 2 is 2.17 bits per heavy atom. The zero-order chi connectivity index (χ0) is 16.6. The largest absolute Gasteiger partial charge is 0.370 e.